The van der Waals surface area contributed by atoms with Crippen molar-refractivity contribution in [1.29, 1.82) is 0 Å². The van der Waals surface area contributed by atoms with E-state index in [1.807, 2.05) is 42.5 Å². The lowest BCUT2D eigenvalue weighted by Crippen LogP contribution is -2.36. The zero-order valence-corrected chi connectivity index (χ0v) is 25.5. The summed E-state index contributed by atoms with van der Waals surface area (Å²) in [6.45, 7) is 6.89. The Hall–Kier alpha value is -2.60. The highest BCUT2D eigenvalue weighted by molar-refractivity contribution is 9.12. The third-order valence-electron chi connectivity index (χ3n) is 6.14. The van der Waals surface area contributed by atoms with Crippen molar-refractivity contribution in [2.24, 2.45) is 16.6 Å². The summed E-state index contributed by atoms with van der Waals surface area (Å²) in [7, 11) is -0.366. The molecule has 6 unspecified atom stereocenters. The first-order valence-corrected chi connectivity index (χ1v) is 14.7. The van der Waals surface area contributed by atoms with E-state index in [1.165, 1.54) is 18.1 Å². The Bertz CT molecular complexity index is 1230. The second kappa shape index (κ2) is 14.9. The summed E-state index contributed by atoms with van der Waals surface area (Å²) < 4.78 is 24.1. The van der Waals surface area contributed by atoms with Crippen LogP contribution in [-0.4, -0.2) is 72.5 Å². The van der Waals surface area contributed by atoms with Crippen LogP contribution in [0.25, 0.3) is 10.8 Å². The minimum Gasteiger partial charge on any atom is -0.462 e. The van der Waals surface area contributed by atoms with E-state index in [2.05, 4.69) is 26.0 Å². The molecule has 1 aliphatic heterocycles. The van der Waals surface area contributed by atoms with Crippen LogP contribution >= 0.6 is 24.5 Å². The van der Waals surface area contributed by atoms with Crippen molar-refractivity contribution in [2.75, 3.05) is 13.7 Å². The molecular formula is C27H36BrN4O7P. The molecule has 0 aliphatic carbocycles. The molecule has 4 N–H and O–H groups in total. The second-order valence-electron chi connectivity index (χ2n) is 9.51. The van der Waals surface area contributed by atoms with Gasteiger partial charge in [-0.1, -0.05) is 43.3 Å². The van der Waals surface area contributed by atoms with Crippen LogP contribution in [0.5, 0.6) is 5.75 Å². The van der Waals surface area contributed by atoms with Gasteiger partial charge in [0.15, 0.2) is 0 Å². The molecule has 13 heteroatoms. The number of aliphatic imine (C=N–C) groups is 1. The predicted octanol–water partition coefficient (Wildman–Crippen LogP) is 3.80. The summed E-state index contributed by atoms with van der Waals surface area (Å²) in [4.78, 5) is 29.5. The summed E-state index contributed by atoms with van der Waals surface area (Å²) >= 11 is 3.29. The molecule has 0 bridgehead atoms. The van der Waals surface area contributed by atoms with Gasteiger partial charge in [0, 0.05) is 24.6 Å². The van der Waals surface area contributed by atoms with Gasteiger partial charge in [-0.15, -0.1) is 0 Å². The maximum absolute atomic E-state index is 12.5. The van der Waals surface area contributed by atoms with E-state index in [0.717, 1.165) is 10.8 Å². The van der Waals surface area contributed by atoms with E-state index in [0.29, 0.717) is 16.6 Å². The summed E-state index contributed by atoms with van der Waals surface area (Å²) in [6, 6.07) is 12.7. The summed E-state index contributed by atoms with van der Waals surface area (Å²) in [5.74, 6) is -0.136. The highest BCUT2D eigenvalue weighted by atomic mass is 79.9. The molecule has 3 rings (SSSR count). The molecule has 0 saturated carbocycles. The second-order valence-corrected chi connectivity index (χ2v) is 11.6. The minimum atomic E-state index is -1.89. The van der Waals surface area contributed by atoms with Gasteiger partial charge in [-0.3, -0.25) is 19.5 Å². The average molecular weight is 639 g/mol. The number of rotatable bonds is 13. The Labute approximate surface area is 243 Å². The third-order valence-corrected chi connectivity index (χ3v) is 8.09. The monoisotopic (exact) mass is 638 g/mol. The van der Waals surface area contributed by atoms with Crippen LogP contribution in [0.1, 0.15) is 27.7 Å². The topological polar surface area (TPSA) is 145 Å². The number of esters is 1. The normalized spacial score (nSPS) is 23.2. The first-order chi connectivity index (χ1) is 19.0. The van der Waals surface area contributed by atoms with Crippen LogP contribution in [0.2, 0.25) is 0 Å². The molecule has 0 spiro atoms. The summed E-state index contributed by atoms with van der Waals surface area (Å²) in [5.41, 5.74) is 5.80. The largest absolute Gasteiger partial charge is 0.462 e. The van der Waals surface area contributed by atoms with Crippen molar-refractivity contribution in [3.63, 3.8) is 0 Å². The van der Waals surface area contributed by atoms with Gasteiger partial charge in [-0.25, -0.2) is 5.09 Å². The predicted molar refractivity (Wildman–Crippen MR) is 158 cm³/mol. The van der Waals surface area contributed by atoms with Crippen LogP contribution in [0.4, 0.5) is 0 Å². The van der Waals surface area contributed by atoms with Crippen LogP contribution in [0.15, 0.2) is 58.1 Å². The minimum absolute atomic E-state index is 0.0758. The highest BCUT2D eigenvalue weighted by Crippen LogP contribution is 2.41. The van der Waals surface area contributed by atoms with Gasteiger partial charge in [0.25, 0.3) is 0 Å². The molecule has 11 nitrogen and oxygen atoms in total. The van der Waals surface area contributed by atoms with Gasteiger partial charge in [0.05, 0.1) is 23.3 Å². The fourth-order valence-electron chi connectivity index (χ4n) is 3.98. The number of nitrogens with two attached hydrogens (primary N) is 1. The Morgan fingerprint density at radius 3 is 2.65 bits per heavy atom. The fraction of sp³-hybridized carbons (Fsp3) is 0.444. The number of fused-ring (bicyclic) bond motifs is 1. The Kier molecular flexibility index (Phi) is 11.9. The number of nitrogens with one attached hydrogen (secondary N) is 1. The third kappa shape index (κ3) is 8.22. The Morgan fingerprint density at radius 1 is 1.27 bits per heavy atom. The van der Waals surface area contributed by atoms with E-state index in [1.54, 1.807) is 27.7 Å². The SMILES string of the molecule is CN=C(N)/C(Br)=C\N(C=O)C1OC(COP(NC(C)C(=O)OC(C)C)Oc2cccc3ccccc23)C(O)C1C. The van der Waals surface area contributed by atoms with Crippen molar-refractivity contribution < 1.29 is 33.2 Å². The fourth-order valence-corrected chi connectivity index (χ4v) is 5.61. The number of hydrogen-bond acceptors (Lipinski definition) is 9. The van der Waals surface area contributed by atoms with Crippen LogP contribution < -0.4 is 15.3 Å². The standard InChI is InChI=1S/C27H36BrN4O7P/c1-16(2)37-27(35)18(4)31-40(39-22-12-8-10-19-9-6-7-11-20(19)22)36-14-23-24(34)17(3)26(38-23)32(15-33)13-21(28)25(29)30-5/h6-13,15-18,23-24,26,31,34H,14H2,1-5H3,(H2,29,30)/b21-13+. The van der Waals surface area contributed by atoms with E-state index >= 15 is 0 Å². The van der Waals surface area contributed by atoms with Crippen molar-refractivity contribution in [3.05, 3.63) is 53.1 Å². The maximum Gasteiger partial charge on any atom is 0.323 e. The lowest BCUT2D eigenvalue weighted by molar-refractivity contribution is -0.149. The zero-order chi connectivity index (χ0) is 29.4. The van der Waals surface area contributed by atoms with Crippen LogP contribution in [0.3, 0.4) is 0 Å². The molecule has 1 fully saturated rings. The van der Waals surface area contributed by atoms with Gasteiger partial charge >= 0.3 is 14.5 Å². The number of ether oxygens (including phenoxy) is 2. The smallest absolute Gasteiger partial charge is 0.323 e. The number of aliphatic hydroxyl groups is 1. The zero-order valence-electron chi connectivity index (χ0n) is 23.1. The highest BCUT2D eigenvalue weighted by Gasteiger charge is 2.44. The van der Waals surface area contributed by atoms with Crippen molar-refractivity contribution in [3.8, 4) is 5.75 Å². The van der Waals surface area contributed by atoms with E-state index < -0.39 is 44.9 Å². The lowest BCUT2D eigenvalue weighted by atomic mass is 10.0. The van der Waals surface area contributed by atoms with Crippen molar-refractivity contribution in [1.82, 2.24) is 9.99 Å². The number of halogens is 1. The molecule has 40 heavy (non-hydrogen) atoms. The lowest BCUT2D eigenvalue weighted by Gasteiger charge is -2.25. The first-order valence-electron chi connectivity index (χ1n) is 12.8. The number of aliphatic hydroxyl groups excluding tert-OH is 1. The molecular weight excluding hydrogens is 603 g/mol. The van der Waals surface area contributed by atoms with E-state index in [9.17, 15) is 14.7 Å². The molecule has 218 valence electrons. The summed E-state index contributed by atoms with van der Waals surface area (Å²) in [6.07, 6.45) is -0.760. The number of hydrogen-bond donors (Lipinski definition) is 3. The Morgan fingerprint density at radius 2 is 1.98 bits per heavy atom. The molecule has 1 amide bonds. The first kappa shape index (κ1) is 31.9. The number of amides is 1. The van der Waals surface area contributed by atoms with Gasteiger partial charge in [0.2, 0.25) is 6.41 Å². The average Bonchev–Trinajstić information content (AvgIpc) is 3.22. The molecule has 2 aromatic carbocycles. The number of benzene rings is 2. The van der Waals surface area contributed by atoms with Gasteiger partial charge in [0.1, 0.15) is 30.0 Å². The summed E-state index contributed by atoms with van der Waals surface area (Å²) in [5, 5.41) is 15.8. The van der Waals surface area contributed by atoms with Crippen LogP contribution in [-0.2, 0) is 23.6 Å². The van der Waals surface area contributed by atoms with Gasteiger partial charge in [-0.05, 0) is 48.2 Å². The molecule has 0 aromatic heterocycles. The van der Waals surface area contributed by atoms with Crippen molar-refractivity contribution >= 4 is 53.4 Å². The molecule has 6 atom stereocenters. The number of nitrogens with zero attached hydrogens (tertiary/aromatic N) is 2. The number of carbonyl (C=O) groups is 2. The molecule has 1 aliphatic rings. The van der Waals surface area contributed by atoms with E-state index in [4.69, 9.17) is 24.3 Å². The molecule has 2 aromatic rings. The Balaban J connectivity index is 1.77. The number of amidine groups is 1. The van der Waals surface area contributed by atoms with Gasteiger partial charge < -0.3 is 29.4 Å². The van der Waals surface area contributed by atoms with Gasteiger partial charge in [-0.2, -0.15) is 0 Å². The molecule has 1 saturated heterocycles. The van der Waals surface area contributed by atoms with Crippen LogP contribution in [0, 0.1) is 5.92 Å². The molecule has 0 radical (unpaired) electrons. The number of carbonyl (C=O) groups excluding carboxylic acids is 2. The quantitative estimate of drug-likeness (QED) is 0.0980. The van der Waals surface area contributed by atoms with Crippen molar-refractivity contribution in [2.45, 2.75) is 58.3 Å². The maximum atomic E-state index is 12.5. The van der Waals surface area contributed by atoms with E-state index in [-0.39, 0.29) is 18.5 Å². The molecule has 1 heterocycles.